The lowest BCUT2D eigenvalue weighted by Gasteiger charge is -2.52. The summed E-state index contributed by atoms with van der Waals surface area (Å²) in [6.07, 6.45) is 3.59. The number of carbonyl (C=O) groups excluding carboxylic acids is 1. The molecule has 4 heterocycles. The van der Waals surface area contributed by atoms with Gasteiger partial charge in [-0.2, -0.15) is 10.1 Å². The van der Waals surface area contributed by atoms with E-state index in [0.717, 1.165) is 42.9 Å². The largest absolute Gasteiger partial charge is 0.332 e. The molecule has 0 spiro atoms. The van der Waals surface area contributed by atoms with Gasteiger partial charge in [-0.1, -0.05) is 30.3 Å². The Bertz CT molecular complexity index is 1240. The van der Waals surface area contributed by atoms with Crippen molar-refractivity contribution in [2.75, 3.05) is 0 Å². The van der Waals surface area contributed by atoms with E-state index in [0.29, 0.717) is 5.56 Å². The maximum Gasteiger partial charge on any atom is 0.276 e. The van der Waals surface area contributed by atoms with Crippen LogP contribution in [0.1, 0.15) is 54.9 Å². The molecule has 1 aromatic heterocycles. The fourth-order valence-electron chi connectivity index (χ4n) is 6.13. The van der Waals surface area contributed by atoms with Crippen LogP contribution in [-0.4, -0.2) is 49.8 Å². The molecule has 4 atom stereocenters. The van der Waals surface area contributed by atoms with Crippen LogP contribution in [0.4, 0.5) is 14.7 Å². The maximum absolute atomic E-state index is 13.8. The molecular formula is C25H25F2N5O. The molecular weight excluding hydrogens is 424 g/mol. The molecule has 8 heteroatoms. The van der Waals surface area contributed by atoms with Crippen molar-refractivity contribution in [3.05, 3.63) is 54.4 Å². The summed E-state index contributed by atoms with van der Waals surface area (Å²) in [6, 6.07) is 13.8. The minimum atomic E-state index is -2.61. The van der Waals surface area contributed by atoms with Crippen LogP contribution in [0.5, 0.6) is 0 Å². The summed E-state index contributed by atoms with van der Waals surface area (Å²) in [6.45, 7) is 0. The Hall–Kier alpha value is -3.16. The van der Waals surface area contributed by atoms with E-state index in [1.807, 2.05) is 42.5 Å². The predicted octanol–water partition coefficient (Wildman–Crippen LogP) is 5.19. The first kappa shape index (κ1) is 20.4. The van der Waals surface area contributed by atoms with Crippen LogP contribution in [0.25, 0.3) is 10.8 Å². The number of hydrogen-bond acceptors (Lipinski definition) is 4. The molecule has 0 radical (unpaired) electrons. The van der Waals surface area contributed by atoms with E-state index in [1.54, 1.807) is 4.68 Å². The molecule has 3 aliphatic heterocycles. The first-order chi connectivity index (χ1) is 16.1. The smallest absolute Gasteiger partial charge is 0.276 e. The number of halogens is 2. The van der Waals surface area contributed by atoms with Crippen LogP contribution >= 0.6 is 0 Å². The Morgan fingerprint density at radius 3 is 2.70 bits per heavy atom. The van der Waals surface area contributed by atoms with E-state index in [4.69, 9.17) is 0 Å². The topological polar surface area (TPSA) is 63.4 Å². The van der Waals surface area contributed by atoms with E-state index in [1.165, 1.54) is 6.33 Å². The van der Waals surface area contributed by atoms with Crippen molar-refractivity contribution in [1.82, 2.24) is 19.7 Å². The van der Waals surface area contributed by atoms with E-state index in [-0.39, 0.29) is 48.0 Å². The normalized spacial score (nSPS) is 26.9. The van der Waals surface area contributed by atoms with Gasteiger partial charge in [0, 0.05) is 30.0 Å². The summed E-state index contributed by atoms with van der Waals surface area (Å²) in [4.78, 5) is 24.0. The molecule has 0 saturated carbocycles. The van der Waals surface area contributed by atoms with Crippen LogP contribution in [0.15, 0.2) is 53.8 Å². The molecule has 1 amide bonds. The van der Waals surface area contributed by atoms with E-state index >= 15 is 0 Å². The lowest BCUT2D eigenvalue weighted by Crippen LogP contribution is -2.58. The molecule has 2 saturated heterocycles. The molecule has 2 aromatic carbocycles. The van der Waals surface area contributed by atoms with Crippen molar-refractivity contribution in [3.63, 3.8) is 0 Å². The van der Waals surface area contributed by atoms with E-state index in [9.17, 15) is 13.6 Å². The summed E-state index contributed by atoms with van der Waals surface area (Å²) in [7, 11) is 0. The van der Waals surface area contributed by atoms with Gasteiger partial charge in [-0.05, 0) is 55.0 Å². The second-order valence-electron chi connectivity index (χ2n) is 9.35. The van der Waals surface area contributed by atoms with Gasteiger partial charge in [0.25, 0.3) is 12.3 Å². The monoisotopic (exact) mass is 449 g/mol. The molecule has 6 nitrogen and oxygen atoms in total. The summed E-state index contributed by atoms with van der Waals surface area (Å²) < 4.78 is 28.9. The first-order valence-corrected chi connectivity index (χ1v) is 11.7. The Labute approximate surface area is 190 Å². The summed E-state index contributed by atoms with van der Waals surface area (Å²) in [5, 5.41) is 6.47. The van der Waals surface area contributed by atoms with Crippen LogP contribution < -0.4 is 0 Å². The maximum atomic E-state index is 13.8. The molecule has 2 fully saturated rings. The highest BCUT2D eigenvalue weighted by molar-refractivity contribution is 5.99. The van der Waals surface area contributed by atoms with Crippen molar-refractivity contribution >= 4 is 28.3 Å². The van der Waals surface area contributed by atoms with Gasteiger partial charge in [-0.3, -0.25) is 4.79 Å². The Kier molecular flexibility index (Phi) is 4.96. The third kappa shape index (κ3) is 3.43. The fourth-order valence-corrected chi connectivity index (χ4v) is 6.13. The van der Waals surface area contributed by atoms with Crippen molar-refractivity contribution in [3.8, 4) is 0 Å². The molecule has 2 bridgehead atoms. The van der Waals surface area contributed by atoms with Gasteiger partial charge in [-0.25, -0.2) is 18.5 Å². The average Bonchev–Trinajstić information content (AvgIpc) is 3.31. The summed E-state index contributed by atoms with van der Waals surface area (Å²) >= 11 is 0. The number of fused-ring (bicyclic) bond motifs is 4. The number of alkyl halides is 2. The van der Waals surface area contributed by atoms with Gasteiger partial charge in [0.15, 0.2) is 0 Å². The molecule has 0 N–H and O–H groups in total. The van der Waals surface area contributed by atoms with Crippen LogP contribution in [-0.2, 0) is 0 Å². The number of piperidine rings is 2. The van der Waals surface area contributed by atoms with Crippen molar-refractivity contribution in [2.45, 2.75) is 63.1 Å². The van der Waals surface area contributed by atoms with Crippen LogP contribution in [0.3, 0.4) is 0 Å². The fraction of sp³-hybridized carbons (Fsp3) is 0.440. The number of amides is 1. The number of carbonyl (C=O) groups is 1. The standard InChI is InChI=1S/C25H25F2N5O/c26-23(27)20-13-22(32-25(30-20)28-14-29-32)19-11-10-18-6-3-7-21(19)31(18)24(33)17-9-8-15-4-1-2-5-16(15)12-17/h1-2,4-5,8-9,12,14,18-19,21-23H,3,6-7,10-11,13H2/t18-,19+,21?,22?/m1/s1. The Morgan fingerprint density at radius 1 is 1.00 bits per heavy atom. The lowest BCUT2D eigenvalue weighted by atomic mass is 9.73. The molecule has 3 aliphatic rings. The van der Waals surface area contributed by atoms with Crippen molar-refractivity contribution < 1.29 is 13.6 Å². The summed E-state index contributed by atoms with van der Waals surface area (Å²) in [5.41, 5.74) is 0.553. The van der Waals surface area contributed by atoms with Crippen LogP contribution in [0.2, 0.25) is 0 Å². The van der Waals surface area contributed by atoms with Gasteiger partial charge in [-0.15, -0.1) is 0 Å². The molecule has 2 unspecified atom stereocenters. The second-order valence-corrected chi connectivity index (χ2v) is 9.35. The Balaban J connectivity index is 1.35. The van der Waals surface area contributed by atoms with Gasteiger partial charge in [0.2, 0.25) is 5.95 Å². The van der Waals surface area contributed by atoms with E-state index in [2.05, 4.69) is 20.0 Å². The zero-order chi connectivity index (χ0) is 22.5. The zero-order valence-corrected chi connectivity index (χ0v) is 18.1. The van der Waals surface area contributed by atoms with Gasteiger partial charge in [0.1, 0.15) is 6.33 Å². The third-order valence-corrected chi connectivity index (χ3v) is 7.62. The minimum Gasteiger partial charge on any atom is -0.332 e. The van der Waals surface area contributed by atoms with Gasteiger partial charge in [0.05, 0.1) is 11.8 Å². The van der Waals surface area contributed by atoms with Crippen molar-refractivity contribution in [1.29, 1.82) is 0 Å². The number of benzene rings is 2. The predicted molar refractivity (Wildman–Crippen MR) is 121 cm³/mol. The van der Waals surface area contributed by atoms with Crippen LogP contribution in [0, 0.1) is 5.92 Å². The Morgan fingerprint density at radius 2 is 1.85 bits per heavy atom. The number of rotatable bonds is 3. The third-order valence-electron chi connectivity index (χ3n) is 7.62. The highest BCUT2D eigenvalue weighted by atomic mass is 19.3. The highest BCUT2D eigenvalue weighted by Gasteiger charge is 2.47. The number of aliphatic imine (C=N–C) groups is 1. The summed E-state index contributed by atoms with van der Waals surface area (Å²) in [5.74, 6) is 0.320. The molecule has 170 valence electrons. The molecule has 6 rings (SSSR count). The lowest BCUT2D eigenvalue weighted by molar-refractivity contribution is -0.00771. The van der Waals surface area contributed by atoms with E-state index < -0.39 is 6.43 Å². The first-order valence-electron chi connectivity index (χ1n) is 11.7. The molecule has 3 aromatic rings. The second kappa shape index (κ2) is 8.01. The number of nitrogens with zero attached hydrogens (tertiary/aromatic N) is 5. The number of aromatic nitrogens is 3. The van der Waals surface area contributed by atoms with Crippen molar-refractivity contribution in [2.24, 2.45) is 10.9 Å². The highest BCUT2D eigenvalue weighted by Crippen LogP contribution is 2.45. The number of hydrogen-bond donors (Lipinski definition) is 0. The molecule has 0 aliphatic carbocycles. The molecule has 33 heavy (non-hydrogen) atoms. The van der Waals surface area contributed by atoms with Gasteiger partial charge < -0.3 is 4.90 Å². The minimum absolute atomic E-state index is 0.00413. The zero-order valence-electron chi connectivity index (χ0n) is 18.1. The SMILES string of the molecule is O=C(c1ccc2ccccc2c1)N1C2CCC[C@@H]1CC[C@@H]2C1CC(C(F)F)=Nc2ncnn21. The average molecular weight is 450 g/mol. The quantitative estimate of drug-likeness (QED) is 0.553. The van der Waals surface area contributed by atoms with Gasteiger partial charge >= 0.3 is 0 Å².